The summed E-state index contributed by atoms with van der Waals surface area (Å²) in [6, 6.07) is 27.3. The van der Waals surface area contributed by atoms with Crippen LogP contribution in [-0.4, -0.2) is 42.4 Å². The van der Waals surface area contributed by atoms with Crippen molar-refractivity contribution in [2.45, 2.75) is 23.8 Å². The molecule has 35 heavy (non-hydrogen) atoms. The zero-order valence-electron chi connectivity index (χ0n) is 19.8. The summed E-state index contributed by atoms with van der Waals surface area (Å²) in [6.07, 6.45) is 1.75. The van der Waals surface area contributed by atoms with E-state index in [0.717, 1.165) is 22.3 Å². The standard InChI is InChI=1S/C29H29NO4S/c1-3-18-35-29(25-16-14-24(15-17-25)23-12-8-5-9-13-23)19-26(27(31)33-2)30(21-29)28(32)34-20-22-10-6-4-7-11-22/h3-17,26H,1,18-21H2,2H3. The molecule has 0 N–H and O–H groups in total. The normalized spacial score (nSPS) is 19.2. The number of rotatable bonds is 8. The molecule has 1 heterocycles. The highest BCUT2D eigenvalue weighted by atomic mass is 32.2. The monoisotopic (exact) mass is 487 g/mol. The van der Waals surface area contributed by atoms with Gasteiger partial charge >= 0.3 is 12.1 Å². The Hall–Kier alpha value is -3.51. The first-order valence-corrected chi connectivity index (χ1v) is 12.5. The lowest BCUT2D eigenvalue weighted by Crippen LogP contribution is -2.41. The Bertz CT molecular complexity index is 1150. The van der Waals surface area contributed by atoms with E-state index in [-0.39, 0.29) is 6.61 Å². The maximum Gasteiger partial charge on any atom is 0.410 e. The van der Waals surface area contributed by atoms with Gasteiger partial charge in [0.2, 0.25) is 0 Å². The topological polar surface area (TPSA) is 55.8 Å². The number of nitrogens with zero attached hydrogens (tertiary/aromatic N) is 1. The molecule has 1 amide bonds. The maximum atomic E-state index is 13.1. The van der Waals surface area contributed by atoms with Gasteiger partial charge in [-0.05, 0) is 28.7 Å². The van der Waals surface area contributed by atoms with Crippen LogP contribution in [0.2, 0.25) is 0 Å². The van der Waals surface area contributed by atoms with Crippen molar-refractivity contribution in [1.29, 1.82) is 0 Å². The van der Waals surface area contributed by atoms with Crippen LogP contribution in [0.5, 0.6) is 0 Å². The first-order chi connectivity index (χ1) is 17.1. The summed E-state index contributed by atoms with van der Waals surface area (Å²) in [5.74, 6) is 0.241. The highest BCUT2D eigenvalue weighted by Gasteiger charge is 2.51. The van der Waals surface area contributed by atoms with Gasteiger partial charge in [0, 0.05) is 12.3 Å². The summed E-state index contributed by atoms with van der Waals surface area (Å²) in [4.78, 5) is 27.4. The molecule has 1 fully saturated rings. The fourth-order valence-electron chi connectivity index (χ4n) is 4.43. The second-order valence-electron chi connectivity index (χ2n) is 8.45. The van der Waals surface area contributed by atoms with Crippen LogP contribution in [0.15, 0.2) is 97.6 Å². The predicted molar refractivity (Wildman–Crippen MR) is 140 cm³/mol. The van der Waals surface area contributed by atoms with E-state index in [1.807, 2.05) is 54.6 Å². The molecule has 0 bridgehead atoms. The molecule has 0 aliphatic carbocycles. The van der Waals surface area contributed by atoms with Gasteiger partial charge in [-0.1, -0.05) is 91.0 Å². The Labute approximate surface area is 210 Å². The van der Waals surface area contributed by atoms with Gasteiger partial charge < -0.3 is 9.47 Å². The Morgan fingerprint density at radius 2 is 1.63 bits per heavy atom. The molecule has 1 saturated heterocycles. The average Bonchev–Trinajstić information content (AvgIpc) is 3.32. The van der Waals surface area contributed by atoms with Gasteiger partial charge in [-0.15, -0.1) is 18.3 Å². The molecule has 0 spiro atoms. The molecule has 1 aliphatic rings. The molecular formula is C29H29NO4S. The summed E-state index contributed by atoms with van der Waals surface area (Å²) in [6.45, 7) is 4.35. The number of carbonyl (C=O) groups excluding carboxylic acids is 2. The molecule has 2 unspecified atom stereocenters. The fraction of sp³-hybridized carbons (Fsp3) is 0.241. The van der Waals surface area contributed by atoms with Crippen LogP contribution in [0.3, 0.4) is 0 Å². The predicted octanol–water partition coefficient (Wildman–Crippen LogP) is 6.05. The van der Waals surface area contributed by atoms with Crippen LogP contribution >= 0.6 is 11.8 Å². The first-order valence-electron chi connectivity index (χ1n) is 11.5. The quantitative estimate of drug-likeness (QED) is 0.286. The zero-order valence-corrected chi connectivity index (χ0v) is 20.6. The smallest absolute Gasteiger partial charge is 0.410 e. The summed E-state index contributed by atoms with van der Waals surface area (Å²) in [5, 5.41) is 0. The molecule has 180 valence electrons. The van der Waals surface area contributed by atoms with E-state index in [9.17, 15) is 9.59 Å². The first kappa shape index (κ1) is 24.6. The third-order valence-electron chi connectivity index (χ3n) is 6.23. The molecule has 2 atom stereocenters. The van der Waals surface area contributed by atoms with Gasteiger partial charge in [0.1, 0.15) is 12.6 Å². The minimum absolute atomic E-state index is 0.142. The van der Waals surface area contributed by atoms with E-state index in [1.165, 1.54) is 12.0 Å². The van der Waals surface area contributed by atoms with E-state index in [2.05, 4.69) is 43.0 Å². The minimum atomic E-state index is -0.727. The number of methoxy groups -OCH3 is 1. The second kappa shape index (κ2) is 11.3. The van der Waals surface area contributed by atoms with Crippen LogP contribution in [0, 0.1) is 0 Å². The van der Waals surface area contributed by atoms with Crippen molar-refractivity contribution < 1.29 is 19.1 Å². The Morgan fingerprint density at radius 3 is 2.26 bits per heavy atom. The van der Waals surface area contributed by atoms with E-state index >= 15 is 0 Å². The third kappa shape index (κ3) is 5.60. The van der Waals surface area contributed by atoms with Crippen LogP contribution in [0.1, 0.15) is 17.5 Å². The molecule has 4 rings (SSSR count). The van der Waals surface area contributed by atoms with Gasteiger partial charge in [0.15, 0.2) is 0 Å². The highest BCUT2D eigenvalue weighted by molar-refractivity contribution is 8.00. The van der Waals surface area contributed by atoms with Gasteiger partial charge in [-0.2, -0.15) is 0 Å². The summed E-state index contributed by atoms with van der Waals surface area (Å²) < 4.78 is 10.2. The molecule has 1 aliphatic heterocycles. The maximum absolute atomic E-state index is 13.1. The van der Waals surface area contributed by atoms with Crippen LogP contribution in [-0.2, 0) is 25.6 Å². The molecule has 0 saturated carbocycles. The van der Waals surface area contributed by atoms with Gasteiger partial charge in [-0.25, -0.2) is 9.59 Å². The lowest BCUT2D eigenvalue weighted by molar-refractivity contribution is -0.145. The number of ether oxygens (including phenoxy) is 2. The van der Waals surface area contributed by atoms with Crippen LogP contribution < -0.4 is 0 Å². The number of likely N-dealkylation sites (tertiary alicyclic amines) is 1. The van der Waals surface area contributed by atoms with E-state index in [4.69, 9.17) is 9.47 Å². The third-order valence-corrected chi connectivity index (χ3v) is 7.72. The van der Waals surface area contributed by atoms with Crippen molar-refractivity contribution in [3.05, 3.63) is 109 Å². The molecule has 3 aromatic rings. The Balaban J connectivity index is 1.61. The van der Waals surface area contributed by atoms with Crippen molar-refractivity contribution in [2.24, 2.45) is 0 Å². The number of esters is 1. The minimum Gasteiger partial charge on any atom is -0.467 e. The molecular weight excluding hydrogens is 458 g/mol. The van der Waals surface area contributed by atoms with Crippen LogP contribution in [0.25, 0.3) is 11.1 Å². The number of amides is 1. The zero-order chi connectivity index (χ0) is 24.7. The molecule has 5 nitrogen and oxygen atoms in total. The van der Waals surface area contributed by atoms with Crippen molar-refractivity contribution in [3.63, 3.8) is 0 Å². The summed E-state index contributed by atoms with van der Waals surface area (Å²) in [7, 11) is 1.35. The average molecular weight is 488 g/mol. The number of hydrogen-bond donors (Lipinski definition) is 0. The van der Waals surface area contributed by atoms with Gasteiger partial charge in [-0.3, -0.25) is 4.90 Å². The van der Waals surface area contributed by atoms with Crippen LogP contribution in [0.4, 0.5) is 4.79 Å². The number of thioether (sulfide) groups is 1. The Kier molecular flexibility index (Phi) is 7.93. The summed E-state index contributed by atoms with van der Waals surface area (Å²) in [5.41, 5.74) is 4.19. The molecule has 3 aromatic carbocycles. The lowest BCUT2D eigenvalue weighted by Gasteiger charge is -2.29. The van der Waals surface area contributed by atoms with Crippen molar-refractivity contribution in [3.8, 4) is 11.1 Å². The van der Waals surface area contributed by atoms with Crippen molar-refractivity contribution in [2.75, 3.05) is 19.4 Å². The molecule has 0 aromatic heterocycles. The lowest BCUT2D eigenvalue weighted by atomic mass is 9.93. The van der Waals surface area contributed by atoms with E-state index in [1.54, 1.807) is 11.8 Å². The van der Waals surface area contributed by atoms with E-state index in [0.29, 0.717) is 18.7 Å². The van der Waals surface area contributed by atoms with E-state index < -0.39 is 22.9 Å². The number of benzene rings is 3. The van der Waals surface area contributed by atoms with Gasteiger partial charge in [0.25, 0.3) is 0 Å². The second-order valence-corrected chi connectivity index (χ2v) is 9.85. The molecule has 0 radical (unpaired) electrons. The largest absolute Gasteiger partial charge is 0.467 e. The number of hydrogen-bond acceptors (Lipinski definition) is 5. The molecule has 6 heteroatoms. The van der Waals surface area contributed by atoms with Crippen molar-refractivity contribution >= 4 is 23.8 Å². The van der Waals surface area contributed by atoms with Gasteiger partial charge in [0.05, 0.1) is 11.9 Å². The Morgan fingerprint density at radius 1 is 1.00 bits per heavy atom. The highest BCUT2D eigenvalue weighted by Crippen LogP contribution is 2.48. The summed E-state index contributed by atoms with van der Waals surface area (Å²) >= 11 is 1.68. The fourth-order valence-corrected chi connectivity index (χ4v) is 5.67. The van der Waals surface area contributed by atoms with Crippen molar-refractivity contribution in [1.82, 2.24) is 4.90 Å². The number of carbonyl (C=O) groups is 2. The SMILES string of the molecule is C=CCSC1(c2ccc(-c3ccccc3)cc2)CC(C(=O)OC)N(C(=O)OCc2ccccc2)C1.